The van der Waals surface area contributed by atoms with Gasteiger partial charge in [-0.1, -0.05) is 89.6 Å². The quantitative estimate of drug-likeness (QED) is 0.267. The van der Waals surface area contributed by atoms with Crippen molar-refractivity contribution in [2.45, 2.75) is 116 Å². The van der Waals surface area contributed by atoms with Crippen molar-refractivity contribution in [1.82, 2.24) is 4.90 Å². The molecule has 7 atom stereocenters. The van der Waals surface area contributed by atoms with Gasteiger partial charge < -0.3 is 19.1 Å². The summed E-state index contributed by atoms with van der Waals surface area (Å²) >= 11 is 0. The Morgan fingerprint density at radius 1 is 0.949 bits per heavy atom. The first kappa shape index (κ1) is 25.7. The Morgan fingerprint density at radius 2 is 1.79 bits per heavy atom. The Kier molecular flexibility index (Phi) is 6.03. The molecule has 206 valence electrons. The second kappa shape index (κ2) is 9.14. The van der Waals surface area contributed by atoms with Gasteiger partial charge in [0.05, 0.1) is 23.9 Å². The van der Waals surface area contributed by atoms with E-state index < -0.39 is 0 Å². The Hall–Kier alpha value is -2.24. The summed E-state index contributed by atoms with van der Waals surface area (Å²) < 4.78 is 21.1. The Morgan fingerprint density at radius 3 is 2.54 bits per heavy atom. The lowest BCUT2D eigenvalue weighted by Crippen LogP contribution is -2.69. The topological polar surface area (TPSA) is 30.9 Å². The first-order valence-electron chi connectivity index (χ1n) is 15.2. The van der Waals surface area contributed by atoms with Crippen LogP contribution in [0.5, 0.6) is 0 Å². The maximum Gasteiger partial charge on any atom is 0.233 e. The van der Waals surface area contributed by atoms with Crippen molar-refractivity contribution in [3.63, 3.8) is 0 Å². The second-order valence-electron chi connectivity index (χ2n) is 14.5. The van der Waals surface area contributed by atoms with E-state index in [1.54, 1.807) is 0 Å². The van der Waals surface area contributed by atoms with Crippen LogP contribution in [0.4, 0.5) is 0 Å². The minimum absolute atomic E-state index is 0.0285. The van der Waals surface area contributed by atoms with Crippen LogP contribution in [0.1, 0.15) is 73.6 Å². The summed E-state index contributed by atoms with van der Waals surface area (Å²) in [4.78, 5) is 2.58. The molecule has 2 fully saturated rings. The van der Waals surface area contributed by atoms with Crippen LogP contribution in [-0.4, -0.2) is 48.2 Å². The van der Waals surface area contributed by atoms with Crippen LogP contribution in [0, 0.1) is 10.8 Å². The third-order valence-corrected chi connectivity index (χ3v) is 9.97. The van der Waals surface area contributed by atoms with Gasteiger partial charge in [-0.2, -0.15) is 0 Å². The minimum Gasteiger partial charge on any atom is -0.491 e. The highest BCUT2D eigenvalue weighted by Gasteiger charge is 2.60. The molecule has 5 heteroatoms. The summed E-state index contributed by atoms with van der Waals surface area (Å²) in [6, 6.07) is 0.195. The first-order valence-corrected chi connectivity index (χ1v) is 15.2. The third kappa shape index (κ3) is 4.27. The molecular formula is C34H44BNO3. The highest BCUT2D eigenvalue weighted by atomic mass is 16.6. The SMILES string of the molecule is CC(C)(C)C1=CCC(N2C3=CC=CC4OC5=C(C=C(C(C)(C)C)CC5)B(C5OC6C=CCCC6OC52)C34)C=C1. The lowest BCUT2D eigenvalue weighted by Gasteiger charge is -2.59. The molecule has 0 spiro atoms. The summed E-state index contributed by atoms with van der Waals surface area (Å²) in [5.74, 6) is 1.40. The summed E-state index contributed by atoms with van der Waals surface area (Å²) in [6.07, 6.45) is 26.2. The molecule has 0 bridgehead atoms. The van der Waals surface area contributed by atoms with Gasteiger partial charge in [0.1, 0.15) is 12.2 Å². The smallest absolute Gasteiger partial charge is 0.233 e. The second-order valence-corrected chi connectivity index (χ2v) is 14.5. The number of nitrogens with zero attached hydrogens (tertiary/aromatic N) is 1. The predicted octanol–water partition coefficient (Wildman–Crippen LogP) is 7.25. The van der Waals surface area contributed by atoms with E-state index in [1.165, 1.54) is 28.1 Å². The average molecular weight is 526 g/mol. The lowest BCUT2D eigenvalue weighted by molar-refractivity contribution is -0.235. The van der Waals surface area contributed by atoms with Crippen molar-refractivity contribution in [3.05, 3.63) is 82.8 Å². The molecule has 39 heavy (non-hydrogen) atoms. The van der Waals surface area contributed by atoms with Crippen LogP contribution in [-0.2, 0) is 14.2 Å². The van der Waals surface area contributed by atoms with Crippen molar-refractivity contribution >= 4 is 6.71 Å². The normalized spacial score (nSPS) is 37.2. The largest absolute Gasteiger partial charge is 0.491 e. The molecule has 7 unspecified atom stereocenters. The van der Waals surface area contributed by atoms with Gasteiger partial charge in [0.2, 0.25) is 6.71 Å². The fourth-order valence-electron chi connectivity index (χ4n) is 7.84. The fraction of sp³-hybridized carbons (Fsp3) is 0.588. The fourth-order valence-corrected chi connectivity index (χ4v) is 7.84. The molecule has 0 amide bonds. The van der Waals surface area contributed by atoms with Gasteiger partial charge in [0, 0.05) is 17.9 Å². The van der Waals surface area contributed by atoms with Gasteiger partial charge in [-0.25, -0.2) is 0 Å². The summed E-state index contributed by atoms with van der Waals surface area (Å²) in [7, 11) is 0. The highest BCUT2D eigenvalue weighted by Crippen LogP contribution is 2.54. The van der Waals surface area contributed by atoms with Gasteiger partial charge in [0.25, 0.3) is 0 Å². The third-order valence-electron chi connectivity index (χ3n) is 9.97. The zero-order valence-electron chi connectivity index (χ0n) is 24.5. The zero-order valence-corrected chi connectivity index (χ0v) is 24.5. The maximum atomic E-state index is 7.13. The van der Waals surface area contributed by atoms with Gasteiger partial charge in [-0.05, 0) is 59.7 Å². The number of ether oxygens (including phenoxy) is 3. The van der Waals surface area contributed by atoms with E-state index in [0.29, 0.717) is 0 Å². The van der Waals surface area contributed by atoms with Gasteiger partial charge >= 0.3 is 0 Å². The van der Waals surface area contributed by atoms with E-state index in [-0.39, 0.29) is 59.9 Å². The van der Waals surface area contributed by atoms with Gasteiger partial charge in [-0.15, -0.1) is 0 Å². The van der Waals surface area contributed by atoms with Crippen LogP contribution >= 0.6 is 0 Å². The Balaban J connectivity index is 1.33. The molecule has 0 radical (unpaired) electrons. The van der Waals surface area contributed by atoms with Crippen LogP contribution < -0.4 is 0 Å². The van der Waals surface area contributed by atoms with E-state index in [4.69, 9.17) is 14.2 Å². The van der Waals surface area contributed by atoms with E-state index in [1.807, 2.05) is 0 Å². The van der Waals surface area contributed by atoms with Crippen LogP contribution in [0.25, 0.3) is 0 Å². The molecule has 3 heterocycles. The van der Waals surface area contributed by atoms with E-state index in [9.17, 15) is 0 Å². The van der Waals surface area contributed by atoms with E-state index in [0.717, 1.165) is 32.1 Å². The van der Waals surface area contributed by atoms with Gasteiger partial charge in [0.15, 0.2) is 6.23 Å². The summed E-state index contributed by atoms with van der Waals surface area (Å²) in [5.41, 5.74) is 5.94. The van der Waals surface area contributed by atoms with E-state index >= 15 is 0 Å². The maximum absolute atomic E-state index is 7.13. The molecule has 4 nitrogen and oxygen atoms in total. The molecule has 0 aromatic heterocycles. The molecular weight excluding hydrogens is 481 g/mol. The average Bonchev–Trinajstić information content (AvgIpc) is 2.91. The molecule has 3 aliphatic heterocycles. The molecule has 0 saturated carbocycles. The van der Waals surface area contributed by atoms with Crippen LogP contribution in [0.3, 0.4) is 0 Å². The molecule has 7 aliphatic rings. The molecule has 0 N–H and O–H groups in total. The number of fused-ring (bicyclic) bond motifs is 4. The Bertz CT molecular complexity index is 1250. The van der Waals surface area contributed by atoms with Crippen LogP contribution in [0.15, 0.2) is 82.8 Å². The van der Waals surface area contributed by atoms with Crippen molar-refractivity contribution < 1.29 is 14.2 Å². The molecule has 0 aromatic carbocycles. The van der Waals surface area contributed by atoms with Crippen molar-refractivity contribution in [3.8, 4) is 0 Å². The zero-order chi connectivity index (χ0) is 27.1. The highest BCUT2D eigenvalue weighted by molar-refractivity contribution is 6.72. The lowest BCUT2D eigenvalue weighted by atomic mass is 9.28. The molecule has 2 saturated heterocycles. The summed E-state index contributed by atoms with van der Waals surface area (Å²) in [6.45, 7) is 14.1. The standard InChI is InChI=1S/C34H44BNO3/c1-33(2,3)21-14-17-23(18-15-21)36-25-10-9-13-29-30(25)35(24-20-22(34(4,5)6)16-19-26(24)37-29)31-32(36)39-28-12-8-7-11-27(28)38-31/h7,9-11,13-15,17,20,23,27-32H,8,12,16,18-19H2,1-6H3. The van der Waals surface area contributed by atoms with E-state index in [2.05, 4.69) is 101 Å². The van der Waals surface area contributed by atoms with Gasteiger partial charge in [-0.3, -0.25) is 0 Å². The summed E-state index contributed by atoms with van der Waals surface area (Å²) in [5, 5.41) is 0. The number of hydrogen-bond acceptors (Lipinski definition) is 4. The van der Waals surface area contributed by atoms with Crippen molar-refractivity contribution in [2.24, 2.45) is 10.8 Å². The predicted molar refractivity (Wildman–Crippen MR) is 158 cm³/mol. The number of allylic oxidation sites excluding steroid dienone is 9. The molecule has 4 aliphatic carbocycles. The number of hydrogen-bond donors (Lipinski definition) is 0. The monoisotopic (exact) mass is 525 g/mol. The van der Waals surface area contributed by atoms with Crippen molar-refractivity contribution in [1.29, 1.82) is 0 Å². The van der Waals surface area contributed by atoms with Crippen molar-refractivity contribution in [2.75, 3.05) is 0 Å². The molecule has 0 aromatic rings. The number of rotatable bonds is 1. The van der Waals surface area contributed by atoms with Crippen LogP contribution in [0.2, 0.25) is 5.82 Å². The minimum atomic E-state index is -0.114. The Labute approximate surface area is 235 Å². The molecule has 7 rings (SSSR count). The first-order chi connectivity index (χ1) is 18.6.